The normalized spacial score (nSPS) is 11.0. The van der Waals surface area contributed by atoms with E-state index >= 15 is 0 Å². The molecule has 1 amide bonds. The first-order chi connectivity index (χ1) is 15.9. The van der Waals surface area contributed by atoms with E-state index in [-0.39, 0.29) is 11.5 Å². The van der Waals surface area contributed by atoms with Gasteiger partial charge in [0.25, 0.3) is 11.5 Å². The summed E-state index contributed by atoms with van der Waals surface area (Å²) in [5.74, 6) is 0.763. The predicted molar refractivity (Wildman–Crippen MR) is 131 cm³/mol. The predicted octanol–water partition coefficient (Wildman–Crippen LogP) is 3.17. The van der Waals surface area contributed by atoms with Crippen molar-refractivity contribution in [2.24, 2.45) is 0 Å². The molecule has 0 saturated carbocycles. The number of nitrogen functional groups attached to an aromatic ring is 1. The van der Waals surface area contributed by atoms with Gasteiger partial charge in [0.1, 0.15) is 17.3 Å². The minimum absolute atomic E-state index is 0.000297. The Morgan fingerprint density at radius 3 is 2.27 bits per heavy atom. The largest absolute Gasteiger partial charge is 0.497 e. The molecule has 0 bridgehead atoms. The van der Waals surface area contributed by atoms with Crippen molar-refractivity contribution < 1.29 is 14.3 Å². The number of nitrogens with zero attached hydrogens (tertiary/aromatic N) is 2. The number of hydrogen-bond acceptors (Lipinski definition) is 6. The molecule has 0 fully saturated rings. The molecule has 3 N–H and O–H groups in total. The number of methoxy groups -OCH3 is 2. The second-order valence-corrected chi connectivity index (χ2v) is 7.67. The number of unbranched alkanes of at least 4 members (excludes halogenated alkanes) is 3. The molecule has 2 rings (SSSR count). The number of amides is 1. The lowest BCUT2D eigenvalue weighted by Crippen LogP contribution is -2.41. The Morgan fingerprint density at radius 2 is 1.70 bits per heavy atom. The van der Waals surface area contributed by atoms with Gasteiger partial charge in [0.2, 0.25) is 0 Å². The van der Waals surface area contributed by atoms with E-state index in [9.17, 15) is 14.4 Å². The van der Waals surface area contributed by atoms with Crippen molar-refractivity contribution in [3.8, 4) is 11.5 Å². The number of H-pyrrole nitrogens is 1. The zero-order chi connectivity index (χ0) is 24.4. The zero-order valence-corrected chi connectivity index (χ0v) is 19.8. The third-order valence-corrected chi connectivity index (χ3v) is 5.26. The van der Waals surface area contributed by atoms with E-state index in [4.69, 9.17) is 15.2 Å². The minimum atomic E-state index is -0.674. The summed E-state index contributed by atoms with van der Waals surface area (Å²) in [7, 11) is 3.09. The highest BCUT2D eigenvalue weighted by atomic mass is 16.5. The Hall–Kier alpha value is -3.49. The summed E-state index contributed by atoms with van der Waals surface area (Å²) in [5, 5.41) is 0. The van der Waals surface area contributed by atoms with Crippen LogP contribution < -0.4 is 31.4 Å². The van der Waals surface area contributed by atoms with Crippen LogP contribution in [0.2, 0.25) is 0 Å². The van der Waals surface area contributed by atoms with Gasteiger partial charge in [-0.15, -0.1) is 0 Å². The van der Waals surface area contributed by atoms with Crippen LogP contribution >= 0.6 is 0 Å². The first kappa shape index (κ1) is 25.8. The highest BCUT2D eigenvalue weighted by Crippen LogP contribution is 2.24. The van der Waals surface area contributed by atoms with Crippen molar-refractivity contribution in [2.75, 3.05) is 31.4 Å². The standard InChI is InChI=1S/C24H34N4O5/c1-5-7-9-13-27(21-22(25)28(12-8-6-2)24(31)26-23(21)30)20(29)11-10-17-14-18(32-3)16-19(15-17)33-4/h10-11,14-16H,5-9,12-13,25H2,1-4H3,(H,26,30,31)/b11-10+. The van der Waals surface area contributed by atoms with Crippen LogP contribution in [0.15, 0.2) is 33.9 Å². The molecule has 0 aliphatic rings. The maximum Gasteiger partial charge on any atom is 0.330 e. The van der Waals surface area contributed by atoms with Crippen LogP contribution in [-0.2, 0) is 11.3 Å². The lowest BCUT2D eigenvalue weighted by Gasteiger charge is -2.23. The highest BCUT2D eigenvalue weighted by Gasteiger charge is 2.22. The van der Waals surface area contributed by atoms with Gasteiger partial charge in [0, 0.05) is 25.2 Å². The van der Waals surface area contributed by atoms with Crippen LogP contribution in [0, 0.1) is 0 Å². The molecule has 2 aromatic rings. The van der Waals surface area contributed by atoms with Crippen molar-refractivity contribution in [3.63, 3.8) is 0 Å². The Balaban J connectivity index is 2.46. The van der Waals surface area contributed by atoms with E-state index in [0.717, 1.165) is 25.7 Å². The van der Waals surface area contributed by atoms with Crippen LogP contribution in [-0.4, -0.2) is 36.2 Å². The van der Waals surface area contributed by atoms with Crippen LogP contribution in [0.4, 0.5) is 11.5 Å². The molecule has 0 aliphatic carbocycles. The van der Waals surface area contributed by atoms with Gasteiger partial charge in [0.15, 0.2) is 5.69 Å². The quantitative estimate of drug-likeness (QED) is 0.372. The monoisotopic (exact) mass is 458 g/mol. The van der Waals surface area contributed by atoms with Crippen LogP contribution in [0.5, 0.6) is 11.5 Å². The average molecular weight is 459 g/mol. The topological polar surface area (TPSA) is 120 Å². The summed E-state index contributed by atoms with van der Waals surface area (Å²) in [6.07, 6.45) is 7.09. The molecular formula is C24H34N4O5. The number of hydrogen-bond donors (Lipinski definition) is 2. The van der Waals surface area contributed by atoms with Gasteiger partial charge in [-0.3, -0.25) is 19.1 Å². The number of nitrogens with one attached hydrogen (secondary N) is 1. The highest BCUT2D eigenvalue weighted by molar-refractivity contribution is 6.05. The smallest absolute Gasteiger partial charge is 0.330 e. The molecular weight excluding hydrogens is 424 g/mol. The molecule has 0 radical (unpaired) electrons. The fourth-order valence-corrected chi connectivity index (χ4v) is 3.41. The van der Waals surface area contributed by atoms with Gasteiger partial charge < -0.3 is 20.1 Å². The molecule has 1 aromatic carbocycles. The first-order valence-corrected chi connectivity index (χ1v) is 11.2. The Labute approximate surface area is 193 Å². The third-order valence-electron chi connectivity index (χ3n) is 5.26. The summed E-state index contributed by atoms with van der Waals surface area (Å²) in [4.78, 5) is 41.9. The number of ether oxygens (including phenoxy) is 2. The number of carbonyl (C=O) groups is 1. The van der Waals surface area contributed by atoms with Gasteiger partial charge in [-0.25, -0.2) is 4.79 Å². The van der Waals surface area contributed by atoms with E-state index in [0.29, 0.717) is 36.6 Å². The van der Waals surface area contributed by atoms with Gasteiger partial charge in [0.05, 0.1) is 14.2 Å². The summed E-state index contributed by atoms with van der Waals surface area (Å²) < 4.78 is 11.9. The molecule has 180 valence electrons. The summed E-state index contributed by atoms with van der Waals surface area (Å²) in [5.41, 5.74) is 5.69. The minimum Gasteiger partial charge on any atom is -0.497 e. The summed E-state index contributed by atoms with van der Waals surface area (Å²) in [6, 6.07) is 5.26. The lowest BCUT2D eigenvalue weighted by atomic mass is 10.1. The van der Waals surface area contributed by atoms with Crippen molar-refractivity contribution in [3.05, 3.63) is 50.7 Å². The maximum absolute atomic E-state index is 13.2. The number of nitrogens with two attached hydrogens (primary N) is 1. The number of carbonyl (C=O) groups excluding carboxylic acids is 1. The second-order valence-electron chi connectivity index (χ2n) is 7.67. The first-order valence-electron chi connectivity index (χ1n) is 11.2. The van der Waals surface area contributed by atoms with Crippen molar-refractivity contribution in [1.29, 1.82) is 0 Å². The van der Waals surface area contributed by atoms with E-state index in [1.807, 2.05) is 13.8 Å². The number of benzene rings is 1. The maximum atomic E-state index is 13.2. The van der Waals surface area contributed by atoms with Gasteiger partial charge in [-0.05, 0) is 36.6 Å². The van der Waals surface area contributed by atoms with Crippen LogP contribution in [0.1, 0.15) is 51.5 Å². The Kier molecular flexibility index (Phi) is 9.78. The number of aromatic nitrogens is 2. The van der Waals surface area contributed by atoms with Crippen LogP contribution in [0.25, 0.3) is 6.08 Å². The molecule has 0 aliphatic heterocycles. The molecule has 33 heavy (non-hydrogen) atoms. The molecule has 0 atom stereocenters. The van der Waals surface area contributed by atoms with Gasteiger partial charge in [-0.2, -0.15) is 0 Å². The Morgan fingerprint density at radius 1 is 1.06 bits per heavy atom. The average Bonchev–Trinajstić information content (AvgIpc) is 2.81. The zero-order valence-electron chi connectivity index (χ0n) is 19.8. The summed E-state index contributed by atoms with van der Waals surface area (Å²) in [6.45, 7) is 4.71. The van der Waals surface area contributed by atoms with E-state index in [2.05, 4.69) is 4.98 Å². The molecule has 1 aromatic heterocycles. The second kappa shape index (κ2) is 12.5. The van der Waals surface area contributed by atoms with Crippen molar-refractivity contribution in [1.82, 2.24) is 9.55 Å². The molecule has 0 saturated heterocycles. The van der Waals surface area contributed by atoms with Crippen LogP contribution in [0.3, 0.4) is 0 Å². The fraction of sp³-hybridized carbons (Fsp3) is 0.458. The molecule has 1 heterocycles. The molecule has 9 nitrogen and oxygen atoms in total. The third kappa shape index (κ3) is 6.74. The van der Waals surface area contributed by atoms with Gasteiger partial charge in [-0.1, -0.05) is 33.1 Å². The van der Waals surface area contributed by atoms with Crippen molar-refractivity contribution in [2.45, 2.75) is 52.5 Å². The van der Waals surface area contributed by atoms with E-state index in [1.54, 1.807) is 38.5 Å². The number of anilines is 2. The lowest BCUT2D eigenvalue weighted by molar-refractivity contribution is -0.114. The molecule has 9 heteroatoms. The number of aromatic amines is 1. The fourth-order valence-electron chi connectivity index (χ4n) is 3.41. The summed E-state index contributed by atoms with van der Waals surface area (Å²) >= 11 is 0. The molecule has 0 spiro atoms. The van der Waals surface area contributed by atoms with E-state index < -0.39 is 17.2 Å². The molecule has 0 unspecified atom stereocenters. The van der Waals surface area contributed by atoms with Crippen molar-refractivity contribution >= 4 is 23.5 Å². The van der Waals surface area contributed by atoms with E-state index in [1.165, 1.54) is 15.5 Å². The Bertz CT molecular complexity index is 1060. The SMILES string of the molecule is CCCCCN(C(=O)/C=C/c1cc(OC)cc(OC)c1)c1c(N)n(CCCC)c(=O)[nH]c1=O. The van der Waals surface area contributed by atoms with Gasteiger partial charge >= 0.3 is 5.69 Å². The number of rotatable bonds is 12.